The molecular formula is C18H15NO2. The highest BCUT2D eigenvalue weighted by Gasteiger charge is 2.15. The molecule has 0 amide bonds. The zero-order chi connectivity index (χ0) is 15.0. The Morgan fingerprint density at radius 2 is 1.71 bits per heavy atom. The summed E-state index contributed by atoms with van der Waals surface area (Å²) in [7, 11) is 0. The summed E-state index contributed by atoms with van der Waals surface area (Å²) in [4.78, 5) is 16.0. The molecule has 1 N–H and O–H groups in total. The van der Waals surface area contributed by atoms with Crippen LogP contribution in [0.4, 0.5) is 0 Å². The summed E-state index contributed by atoms with van der Waals surface area (Å²) < 4.78 is 0. The van der Waals surface area contributed by atoms with Crippen LogP contribution in [0.15, 0.2) is 48.7 Å². The molecule has 21 heavy (non-hydrogen) atoms. The van der Waals surface area contributed by atoms with Crippen LogP contribution >= 0.6 is 0 Å². The second-order valence-corrected chi connectivity index (χ2v) is 5.18. The Bertz CT molecular complexity index is 839. The molecule has 0 fully saturated rings. The summed E-state index contributed by atoms with van der Waals surface area (Å²) in [6.07, 6.45) is 1.80. The number of carboxylic acids is 1. The van der Waals surface area contributed by atoms with E-state index in [1.54, 1.807) is 6.20 Å². The number of carboxylic acid groups (broad SMARTS) is 1. The molecule has 0 bridgehead atoms. The molecule has 0 aliphatic heterocycles. The molecule has 2 aromatic carbocycles. The van der Waals surface area contributed by atoms with Gasteiger partial charge >= 0.3 is 5.97 Å². The lowest BCUT2D eigenvalue weighted by atomic mass is 9.96. The molecule has 1 heterocycles. The van der Waals surface area contributed by atoms with Crippen molar-refractivity contribution in [1.82, 2.24) is 4.98 Å². The van der Waals surface area contributed by atoms with Crippen molar-refractivity contribution in [3.05, 3.63) is 65.4 Å². The number of nitrogens with zero attached hydrogens (tertiary/aromatic N) is 1. The number of pyridine rings is 1. The van der Waals surface area contributed by atoms with Crippen molar-refractivity contribution in [1.29, 1.82) is 0 Å². The largest absolute Gasteiger partial charge is 0.478 e. The van der Waals surface area contributed by atoms with E-state index in [0.29, 0.717) is 10.9 Å². The highest BCUT2D eigenvalue weighted by atomic mass is 16.4. The topological polar surface area (TPSA) is 50.2 Å². The summed E-state index contributed by atoms with van der Waals surface area (Å²) in [6.45, 7) is 3.78. The fraction of sp³-hybridized carbons (Fsp3) is 0.111. The van der Waals surface area contributed by atoms with Crippen molar-refractivity contribution in [3.63, 3.8) is 0 Å². The van der Waals surface area contributed by atoms with Crippen LogP contribution in [0.3, 0.4) is 0 Å². The maximum Gasteiger partial charge on any atom is 0.336 e. The number of aromatic carboxylic acids is 1. The van der Waals surface area contributed by atoms with Gasteiger partial charge in [0.05, 0.1) is 11.1 Å². The molecule has 0 aliphatic carbocycles. The van der Waals surface area contributed by atoms with E-state index in [0.717, 1.165) is 27.8 Å². The van der Waals surface area contributed by atoms with Crippen LogP contribution in [-0.4, -0.2) is 16.1 Å². The minimum Gasteiger partial charge on any atom is -0.478 e. The van der Waals surface area contributed by atoms with Gasteiger partial charge in [-0.3, -0.25) is 4.98 Å². The van der Waals surface area contributed by atoms with E-state index in [1.165, 1.54) is 0 Å². The molecule has 0 unspecified atom stereocenters. The van der Waals surface area contributed by atoms with Crippen LogP contribution in [0.25, 0.3) is 22.0 Å². The smallest absolute Gasteiger partial charge is 0.336 e. The SMILES string of the molecule is Cc1cc(C)c2ncc(-c3ccccc3)cc2c1C(=O)O. The molecule has 3 nitrogen and oxygen atoms in total. The van der Waals surface area contributed by atoms with Crippen molar-refractivity contribution in [2.75, 3.05) is 0 Å². The van der Waals surface area contributed by atoms with Crippen molar-refractivity contribution < 1.29 is 9.90 Å². The molecule has 0 atom stereocenters. The third-order valence-corrected chi connectivity index (χ3v) is 3.68. The third kappa shape index (κ3) is 2.27. The fourth-order valence-corrected chi connectivity index (χ4v) is 2.72. The van der Waals surface area contributed by atoms with Gasteiger partial charge in [0.1, 0.15) is 0 Å². The van der Waals surface area contributed by atoms with Crippen LogP contribution in [-0.2, 0) is 0 Å². The summed E-state index contributed by atoms with van der Waals surface area (Å²) in [5.41, 5.74) is 4.79. The van der Waals surface area contributed by atoms with Gasteiger partial charge in [0, 0.05) is 17.1 Å². The minimum atomic E-state index is -0.912. The maximum atomic E-state index is 11.6. The molecule has 0 aliphatic rings. The number of aryl methyl sites for hydroxylation is 2. The quantitative estimate of drug-likeness (QED) is 0.763. The zero-order valence-corrected chi connectivity index (χ0v) is 11.9. The highest BCUT2D eigenvalue weighted by molar-refractivity contribution is 6.05. The monoisotopic (exact) mass is 277 g/mol. The molecule has 1 aromatic heterocycles. The van der Waals surface area contributed by atoms with Crippen LogP contribution < -0.4 is 0 Å². The van der Waals surface area contributed by atoms with Crippen molar-refractivity contribution in [2.24, 2.45) is 0 Å². The van der Waals surface area contributed by atoms with E-state index in [-0.39, 0.29) is 0 Å². The van der Waals surface area contributed by atoms with Gasteiger partial charge in [-0.1, -0.05) is 36.4 Å². The van der Waals surface area contributed by atoms with E-state index in [4.69, 9.17) is 0 Å². The molecule has 3 heteroatoms. The zero-order valence-electron chi connectivity index (χ0n) is 11.9. The number of fused-ring (bicyclic) bond motifs is 1. The standard InChI is InChI=1S/C18H15NO2/c1-11-8-12(2)17-15(16(11)18(20)21)9-14(10-19-17)13-6-4-3-5-7-13/h3-10H,1-2H3,(H,20,21). The lowest BCUT2D eigenvalue weighted by Crippen LogP contribution is -2.03. The molecule has 104 valence electrons. The number of carbonyl (C=O) groups is 1. The Morgan fingerprint density at radius 1 is 1.00 bits per heavy atom. The number of benzene rings is 2. The summed E-state index contributed by atoms with van der Waals surface area (Å²) in [5.74, 6) is -0.912. The lowest BCUT2D eigenvalue weighted by Gasteiger charge is -2.10. The lowest BCUT2D eigenvalue weighted by molar-refractivity contribution is 0.0698. The average molecular weight is 277 g/mol. The first-order valence-electron chi connectivity index (χ1n) is 6.76. The van der Waals surface area contributed by atoms with E-state index in [2.05, 4.69) is 4.98 Å². The van der Waals surface area contributed by atoms with Crippen LogP contribution in [0.2, 0.25) is 0 Å². The van der Waals surface area contributed by atoms with Crippen molar-refractivity contribution in [2.45, 2.75) is 13.8 Å². The first kappa shape index (κ1) is 13.3. The van der Waals surface area contributed by atoms with E-state index in [9.17, 15) is 9.90 Å². The van der Waals surface area contributed by atoms with Crippen molar-refractivity contribution >= 4 is 16.9 Å². The van der Waals surface area contributed by atoms with E-state index < -0.39 is 5.97 Å². The van der Waals surface area contributed by atoms with Gasteiger partial charge in [-0.05, 0) is 36.6 Å². The first-order chi connectivity index (χ1) is 10.1. The van der Waals surface area contributed by atoms with Crippen LogP contribution in [0.5, 0.6) is 0 Å². The van der Waals surface area contributed by atoms with Gasteiger partial charge in [-0.25, -0.2) is 4.79 Å². The molecular weight excluding hydrogens is 262 g/mol. The van der Waals surface area contributed by atoms with Gasteiger partial charge in [-0.15, -0.1) is 0 Å². The third-order valence-electron chi connectivity index (χ3n) is 3.68. The molecule has 0 saturated carbocycles. The number of hydrogen-bond donors (Lipinski definition) is 1. The van der Waals surface area contributed by atoms with Crippen LogP contribution in [0, 0.1) is 13.8 Å². The number of aromatic nitrogens is 1. The second-order valence-electron chi connectivity index (χ2n) is 5.18. The summed E-state index contributed by atoms with van der Waals surface area (Å²) in [6, 6.07) is 13.6. The molecule has 3 aromatic rings. The van der Waals surface area contributed by atoms with Gasteiger partial charge < -0.3 is 5.11 Å². The van der Waals surface area contributed by atoms with Crippen LogP contribution in [0.1, 0.15) is 21.5 Å². The molecule has 0 radical (unpaired) electrons. The van der Waals surface area contributed by atoms with E-state index >= 15 is 0 Å². The molecule has 0 saturated heterocycles. The summed E-state index contributed by atoms with van der Waals surface area (Å²) >= 11 is 0. The first-order valence-corrected chi connectivity index (χ1v) is 6.76. The van der Waals surface area contributed by atoms with Crippen molar-refractivity contribution in [3.8, 4) is 11.1 Å². The minimum absolute atomic E-state index is 0.334. The van der Waals surface area contributed by atoms with Gasteiger partial charge in [-0.2, -0.15) is 0 Å². The van der Waals surface area contributed by atoms with Gasteiger partial charge in [0.25, 0.3) is 0 Å². The number of hydrogen-bond acceptors (Lipinski definition) is 2. The van der Waals surface area contributed by atoms with Gasteiger partial charge in [0.2, 0.25) is 0 Å². The number of rotatable bonds is 2. The highest BCUT2D eigenvalue weighted by Crippen LogP contribution is 2.28. The van der Waals surface area contributed by atoms with E-state index in [1.807, 2.05) is 56.3 Å². The fourth-order valence-electron chi connectivity index (χ4n) is 2.72. The molecule has 0 spiro atoms. The maximum absolute atomic E-state index is 11.6. The second kappa shape index (κ2) is 5.02. The predicted octanol–water partition coefficient (Wildman–Crippen LogP) is 4.22. The Balaban J connectivity index is 2.34. The Kier molecular flexibility index (Phi) is 3.18. The Hall–Kier alpha value is -2.68. The predicted molar refractivity (Wildman–Crippen MR) is 83.6 cm³/mol. The molecule has 3 rings (SSSR count). The summed E-state index contributed by atoms with van der Waals surface area (Å²) in [5, 5.41) is 10.2. The average Bonchev–Trinajstić information content (AvgIpc) is 2.47. The Morgan fingerprint density at radius 3 is 2.38 bits per heavy atom. The van der Waals surface area contributed by atoms with Gasteiger partial charge in [0.15, 0.2) is 0 Å². The Labute approximate surface area is 122 Å². The normalized spacial score (nSPS) is 10.8.